The van der Waals surface area contributed by atoms with E-state index in [1.807, 2.05) is 0 Å². The normalized spacial score (nSPS) is 6.00. The van der Waals surface area contributed by atoms with Crippen molar-refractivity contribution in [3.8, 4) is 0 Å². The van der Waals surface area contributed by atoms with Gasteiger partial charge in [0, 0.05) is 0 Å². The standard InChI is InChI=1S/2BH3O3.2BO3.Na.V/c4*2-1(3)4;;/h2*2-4H;;;;/q;;2*-3;+1;+5. The average molecular weight is 315 g/mol. The van der Waals surface area contributed by atoms with E-state index in [2.05, 4.69) is 0 Å². The van der Waals surface area contributed by atoms with Gasteiger partial charge in [0.05, 0.1) is 0 Å². The largest absolute Gasteiger partial charge is 5.00 e. The predicted octanol–water partition coefficient (Wildman–Crippen LogP) is -15.0. The molecule has 0 radical (unpaired) electrons. The van der Waals surface area contributed by atoms with Crippen LogP contribution in [-0.2, 0) is 18.6 Å². The molecule has 6 N–H and O–H groups in total. The topological polar surface area (TPSA) is 260 Å². The molecule has 0 aromatic carbocycles. The third kappa shape index (κ3) is 2500. The van der Waals surface area contributed by atoms with Gasteiger partial charge in [0.1, 0.15) is 0 Å². The Bertz CT molecular complexity index is 67.1. The molecular weight excluding hydrogens is 309 g/mol. The van der Waals surface area contributed by atoms with Crippen LogP contribution in [0.2, 0.25) is 0 Å². The van der Waals surface area contributed by atoms with E-state index in [-0.39, 0.29) is 48.1 Å². The van der Waals surface area contributed by atoms with Crippen LogP contribution in [0.3, 0.4) is 0 Å². The fourth-order valence-electron chi connectivity index (χ4n) is 0. The van der Waals surface area contributed by atoms with Gasteiger partial charge in [0.25, 0.3) is 0 Å². The predicted molar refractivity (Wildman–Crippen MR) is 36.3 cm³/mol. The third-order valence-corrected chi connectivity index (χ3v) is 0. The van der Waals surface area contributed by atoms with Crippen molar-refractivity contribution >= 4 is 29.3 Å². The Morgan fingerprint density at radius 1 is 0.500 bits per heavy atom. The summed E-state index contributed by atoms with van der Waals surface area (Å²) >= 11 is 0. The fraction of sp³-hybridized carbons (Fsp3) is 0. The minimum Gasteiger partial charge on any atom is -0.907 e. The summed E-state index contributed by atoms with van der Waals surface area (Å²) in [4.78, 5) is 0. The van der Waals surface area contributed by atoms with E-state index in [4.69, 9.17) is 60.3 Å². The van der Waals surface area contributed by atoms with Crippen LogP contribution >= 0.6 is 0 Å². The van der Waals surface area contributed by atoms with Gasteiger partial charge in [-0.25, -0.2) is 0 Å². The Morgan fingerprint density at radius 3 is 0.500 bits per heavy atom. The molecule has 0 aliphatic rings. The van der Waals surface area contributed by atoms with E-state index in [0.29, 0.717) is 0 Å². The van der Waals surface area contributed by atoms with Gasteiger partial charge in [-0.3, -0.25) is 14.6 Å². The molecule has 0 heterocycles. The smallest absolute Gasteiger partial charge is 0.907 e. The van der Waals surface area contributed by atoms with Gasteiger partial charge in [-0.1, -0.05) is 0 Å². The van der Waals surface area contributed by atoms with Crippen molar-refractivity contribution in [2.45, 2.75) is 0 Å². The van der Waals surface area contributed by atoms with Crippen molar-refractivity contribution in [1.29, 1.82) is 0 Å². The third-order valence-electron chi connectivity index (χ3n) is 0. The van der Waals surface area contributed by atoms with Crippen LogP contribution in [0.15, 0.2) is 0 Å². The summed E-state index contributed by atoms with van der Waals surface area (Å²) in [7, 11) is -10.2. The summed E-state index contributed by atoms with van der Waals surface area (Å²) in [6.45, 7) is 0. The molecule has 12 nitrogen and oxygen atoms in total. The molecule has 0 saturated carbocycles. The Morgan fingerprint density at radius 2 is 0.500 bits per heavy atom. The maximum atomic E-state index is 8.42. The minimum absolute atomic E-state index is 0. The Labute approximate surface area is 137 Å². The zero-order chi connectivity index (χ0) is 14.3. The zero-order valence-corrected chi connectivity index (χ0v) is 12.3. The number of rotatable bonds is 0. The second-order valence-electron chi connectivity index (χ2n) is 1.27. The van der Waals surface area contributed by atoms with Crippen LogP contribution in [0.5, 0.6) is 0 Å². The average Bonchev–Trinajstić information content (AvgIpc) is 1.76. The van der Waals surface area contributed by atoms with E-state index in [1.165, 1.54) is 0 Å². The van der Waals surface area contributed by atoms with Crippen LogP contribution in [-0.4, -0.2) is 59.4 Å². The van der Waals surface area contributed by atoms with Gasteiger partial charge >= 0.3 is 62.8 Å². The van der Waals surface area contributed by atoms with Crippen LogP contribution in [0.1, 0.15) is 0 Å². The molecule has 0 unspecified atom stereocenters. The molecule has 0 aromatic heterocycles. The molecular formula is H6B4NaO12V. The van der Waals surface area contributed by atoms with Crippen LogP contribution in [0, 0.1) is 0 Å². The summed E-state index contributed by atoms with van der Waals surface area (Å²) in [6, 6.07) is 0. The molecule has 0 saturated heterocycles. The van der Waals surface area contributed by atoms with E-state index >= 15 is 0 Å². The van der Waals surface area contributed by atoms with E-state index < -0.39 is 29.3 Å². The van der Waals surface area contributed by atoms with Gasteiger partial charge in [-0.15, -0.1) is 0 Å². The maximum absolute atomic E-state index is 8.42. The van der Waals surface area contributed by atoms with Crippen molar-refractivity contribution < 1.29 is 108 Å². The Hall–Kier alpha value is 1.36. The first-order valence-corrected chi connectivity index (χ1v) is 2.96. The first-order chi connectivity index (χ1) is 6.93. The molecule has 0 rings (SSSR count). The monoisotopic (exact) mass is 316 g/mol. The molecule has 0 bridgehead atoms. The van der Waals surface area contributed by atoms with E-state index in [9.17, 15) is 0 Å². The molecule has 0 amide bonds. The molecule has 0 fully saturated rings. The van der Waals surface area contributed by atoms with E-state index in [0.717, 1.165) is 0 Å². The van der Waals surface area contributed by atoms with E-state index in [1.54, 1.807) is 0 Å². The molecule has 0 spiro atoms. The second kappa shape index (κ2) is 31.0. The second-order valence-corrected chi connectivity index (χ2v) is 1.27. The van der Waals surface area contributed by atoms with Crippen molar-refractivity contribution in [2.24, 2.45) is 0 Å². The van der Waals surface area contributed by atoms with Gasteiger partial charge in [0.15, 0.2) is 0 Å². The Balaban J connectivity index is -0.0000000257. The molecule has 96 valence electrons. The fourth-order valence-corrected chi connectivity index (χ4v) is 0. The van der Waals surface area contributed by atoms with Gasteiger partial charge in [0.2, 0.25) is 0 Å². The van der Waals surface area contributed by atoms with Gasteiger partial charge < -0.3 is 60.3 Å². The molecule has 0 atom stereocenters. The van der Waals surface area contributed by atoms with Gasteiger partial charge in [-0.05, 0) is 0 Å². The SMILES string of the molecule is OB(O)O.OB(O)O.[Na+].[O-]B([O-])[O-].[O-]B([O-])[O-].[V+5]. The van der Waals surface area contributed by atoms with Crippen LogP contribution < -0.4 is 59.7 Å². The first kappa shape index (κ1) is 36.6. The Kier molecular flexibility index (Phi) is 63.0. The molecule has 0 aliphatic heterocycles. The summed E-state index contributed by atoms with van der Waals surface area (Å²) in [5.74, 6) is 0. The molecule has 18 heteroatoms. The van der Waals surface area contributed by atoms with Crippen molar-refractivity contribution in [2.75, 3.05) is 0 Å². The van der Waals surface area contributed by atoms with Crippen LogP contribution in [0.4, 0.5) is 0 Å². The number of hydrogen-bond acceptors (Lipinski definition) is 12. The quantitative estimate of drug-likeness (QED) is 0.227. The van der Waals surface area contributed by atoms with Crippen molar-refractivity contribution in [1.82, 2.24) is 0 Å². The molecule has 0 aliphatic carbocycles. The van der Waals surface area contributed by atoms with Gasteiger partial charge in [-0.2, -0.15) is 0 Å². The minimum atomic E-state index is -2.92. The summed E-state index contributed by atoms with van der Waals surface area (Å²) in [6.07, 6.45) is 0. The maximum Gasteiger partial charge on any atom is 5.00 e. The van der Waals surface area contributed by atoms with Crippen molar-refractivity contribution in [3.63, 3.8) is 0 Å². The zero-order valence-electron chi connectivity index (χ0n) is 8.89. The van der Waals surface area contributed by atoms with Crippen LogP contribution in [0.25, 0.3) is 0 Å². The summed E-state index contributed by atoms with van der Waals surface area (Å²) < 4.78 is 0. The summed E-state index contributed by atoms with van der Waals surface area (Å²) in [5, 5.41) is 93.5. The first-order valence-electron chi connectivity index (χ1n) is 2.96. The summed E-state index contributed by atoms with van der Waals surface area (Å²) in [5.41, 5.74) is 0. The van der Waals surface area contributed by atoms with Crippen molar-refractivity contribution in [3.05, 3.63) is 0 Å². The number of hydrogen-bond donors (Lipinski definition) is 6. The molecule has 0 aromatic rings. The molecule has 18 heavy (non-hydrogen) atoms.